The number of aromatic nitrogens is 3. The van der Waals surface area contributed by atoms with Gasteiger partial charge in [0.2, 0.25) is 6.79 Å². The topological polar surface area (TPSA) is 104 Å². The zero-order valence-corrected chi connectivity index (χ0v) is 10.6. The summed E-state index contributed by atoms with van der Waals surface area (Å²) in [5, 5.41) is 21.6. The molecular weight excluding hydrogens is 266 g/mol. The third-order valence-electron chi connectivity index (χ3n) is 2.96. The molecule has 1 N–H and O–H groups in total. The highest BCUT2D eigenvalue weighted by Gasteiger charge is 2.23. The standard InChI is InChI=1S/C11H11N5O4/c1-15-7(5-13-14-15)4-12-8-2-10-11(20-6-19-10)3-9(8)16(17)18/h2-3,5,12H,4,6H2,1H3. The Morgan fingerprint density at radius 1 is 1.45 bits per heavy atom. The van der Waals surface area contributed by atoms with Crippen LogP contribution in [0.25, 0.3) is 0 Å². The first kappa shape index (κ1) is 12.2. The summed E-state index contributed by atoms with van der Waals surface area (Å²) in [6.07, 6.45) is 1.59. The van der Waals surface area contributed by atoms with Gasteiger partial charge in [-0.3, -0.25) is 14.8 Å². The van der Waals surface area contributed by atoms with Crippen molar-refractivity contribution in [2.24, 2.45) is 7.05 Å². The molecule has 9 nitrogen and oxygen atoms in total. The number of aryl methyl sites for hydroxylation is 1. The molecule has 0 radical (unpaired) electrons. The molecule has 0 amide bonds. The summed E-state index contributed by atoms with van der Waals surface area (Å²) in [6, 6.07) is 2.91. The molecule has 1 aromatic heterocycles. The number of nitro groups is 1. The number of rotatable bonds is 4. The Morgan fingerprint density at radius 2 is 2.20 bits per heavy atom. The fourth-order valence-corrected chi connectivity index (χ4v) is 1.88. The van der Waals surface area contributed by atoms with Gasteiger partial charge in [0.25, 0.3) is 5.69 Å². The highest BCUT2D eigenvalue weighted by atomic mass is 16.7. The molecule has 0 saturated heterocycles. The summed E-state index contributed by atoms with van der Waals surface area (Å²) in [5.74, 6) is 0.866. The fourth-order valence-electron chi connectivity index (χ4n) is 1.88. The highest BCUT2D eigenvalue weighted by molar-refractivity contribution is 5.68. The molecule has 0 bridgehead atoms. The molecule has 0 atom stereocenters. The quantitative estimate of drug-likeness (QED) is 0.658. The number of nitrogens with one attached hydrogen (secondary N) is 1. The number of benzene rings is 1. The van der Waals surface area contributed by atoms with Gasteiger partial charge in [0.05, 0.1) is 29.4 Å². The molecule has 3 rings (SSSR count). The molecule has 0 fully saturated rings. The molecule has 1 aliphatic rings. The second-order valence-corrected chi connectivity index (χ2v) is 4.18. The number of nitrogens with zero attached hydrogens (tertiary/aromatic N) is 4. The van der Waals surface area contributed by atoms with Gasteiger partial charge in [0.1, 0.15) is 5.69 Å². The molecule has 0 unspecified atom stereocenters. The van der Waals surface area contributed by atoms with Gasteiger partial charge >= 0.3 is 0 Å². The molecule has 1 aliphatic heterocycles. The van der Waals surface area contributed by atoms with Crippen molar-refractivity contribution in [2.75, 3.05) is 12.1 Å². The predicted octanol–water partition coefficient (Wildman–Crippen LogP) is 1.06. The van der Waals surface area contributed by atoms with E-state index in [0.29, 0.717) is 23.7 Å². The first-order valence-electron chi connectivity index (χ1n) is 5.80. The molecule has 9 heteroatoms. The van der Waals surface area contributed by atoms with Crippen LogP contribution in [-0.4, -0.2) is 26.7 Å². The Kier molecular flexibility index (Phi) is 2.86. The lowest BCUT2D eigenvalue weighted by Crippen LogP contribution is -2.07. The van der Waals surface area contributed by atoms with E-state index in [9.17, 15) is 10.1 Å². The summed E-state index contributed by atoms with van der Waals surface area (Å²) >= 11 is 0. The average Bonchev–Trinajstić information content (AvgIpc) is 3.03. The van der Waals surface area contributed by atoms with E-state index < -0.39 is 4.92 Å². The molecule has 20 heavy (non-hydrogen) atoms. The van der Waals surface area contributed by atoms with Gasteiger partial charge in [-0.05, 0) is 0 Å². The molecule has 2 aromatic rings. The maximum absolute atomic E-state index is 11.1. The van der Waals surface area contributed by atoms with Crippen LogP contribution < -0.4 is 14.8 Å². The number of nitro benzene ring substituents is 1. The van der Waals surface area contributed by atoms with Gasteiger partial charge < -0.3 is 14.8 Å². The monoisotopic (exact) mass is 277 g/mol. The van der Waals surface area contributed by atoms with Crippen molar-refractivity contribution in [3.63, 3.8) is 0 Å². The van der Waals surface area contributed by atoms with Crippen LogP contribution in [0.2, 0.25) is 0 Å². The summed E-state index contributed by atoms with van der Waals surface area (Å²) in [6.45, 7) is 0.436. The summed E-state index contributed by atoms with van der Waals surface area (Å²) < 4.78 is 11.9. The van der Waals surface area contributed by atoms with E-state index in [0.717, 1.165) is 5.69 Å². The molecule has 0 saturated carbocycles. The Morgan fingerprint density at radius 3 is 2.85 bits per heavy atom. The van der Waals surface area contributed by atoms with Crippen LogP contribution >= 0.6 is 0 Å². The Labute approximate surface area is 113 Å². The highest BCUT2D eigenvalue weighted by Crippen LogP contribution is 2.40. The van der Waals surface area contributed by atoms with Gasteiger partial charge in [-0.2, -0.15) is 0 Å². The van der Waals surface area contributed by atoms with E-state index in [1.165, 1.54) is 6.07 Å². The Balaban J connectivity index is 1.88. The fraction of sp³-hybridized carbons (Fsp3) is 0.273. The van der Waals surface area contributed by atoms with Crippen molar-refractivity contribution >= 4 is 11.4 Å². The van der Waals surface area contributed by atoms with Crippen LogP contribution in [-0.2, 0) is 13.6 Å². The van der Waals surface area contributed by atoms with E-state index >= 15 is 0 Å². The van der Waals surface area contributed by atoms with Crippen molar-refractivity contribution in [3.05, 3.63) is 34.1 Å². The number of anilines is 1. The second kappa shape index (κ2) is 4.68. The van der Waals surface area contributed by atoms with E-state index in [1.807, 2.05) is 0 Å². The lowest BCUT2D eigenvalue weighted by Gasteiger charge is -2.08. The number of fused-ring (bicyclic) bond motifs is 1. The molecule has 0 aliphatic carbocycles. The smallest absolute Gasteiger partial charge is 0.296 e. The van der Waals surface area contributed by atoms with Crippen LogP contribution in [0, 0.1) is 10.1 Å². The van der Waals surface area contributed by atoms with Crippen LogP contribution in [0.5, 0.6) is 11.5 Å². The minimum atomic E-state index is -0.466. The van der Waals surface area contributed by atoms with Gasteiger partial charge in [-0.15, -0.1) is 5.10 Å². The molecule has 0 spiro atoms. The zero-order valence-electron chi connectivity index (χ0n) is 10.6. The average molecular weight is 277 g/mol. The summed E-state index contributed by atoms with van der Waals surface area (Å²) in [4.78, 5) is 10.6. The van der Waals surface area contributed by atoms with Crippen LogP contribution in [0.4, 0.5) is 11.4 Å². The number of ether oxygens (including phenoxy) is 2. The lowest BCUT2D eigenvalue weighted by atomic mass is 10.2. The molecule has 1 aromatic carbocycles. The third kappa shape index (κ3) is 2.09. The van der Waals surface area contributed by atoms with Crippen LogP contribution in [0.1, 0.15) is 5.69 Å². The number of hydrogen-bond donors (Lipinski definition) is 1. The number of hydrogen-bond acceptors (Lipinski definition) is 7. The van der Waals surface area contributed by atoms with Crippen LogP contribution in [0.3, 0.4) is 0 Å². The predicted molar refractivity (Wildman–Crippen MR) is 67.5 cm³/mol. The maximum atomic E-state index is 11.1. The van der Waals surface area contributed by atoms with Crippen molar-refractivity contribution in [2.45, 2.75) is 6.54 Å². The van der Waals surface area contributed by atoms with E-state index in [-0.39, 0.29) is 12.5 Å². The first-order chi connectivity index (χ1) is 9.65. The summed E-state index contributed by atoms with van der Waals surface area (Å²) in [5.41, 5.74) is 1.10. The lowest BCUT2D eigenvalue weighted by molar-refractivity contribution is -0.384. The molecule has 104 valence electrons. The van der Waals surface area contributed by atoms with E-state index in [4.69, 9.17) is 9.47 Å². The molecule has 2 heterocycles. The van der Waals surface area contributed by atoms with Crippen molar-refractivity contribution in [3.8, 4) is 11.5 Å². The second-order valence-electron chi connectivity index (χ2n) is 4.18. The largest absolute Gasteiger partial charge is 0.454 e. The minimum Gasteiger partial charge on any atom is -0.454 e. The maximum Gasteiger partial charge on any atom is 0.296 e. The molecular formula is C11H11N5O4. The summed E-state index contributed by atoms with van der Waals surface area (Å²) in [7, 11) is 1.75. The minimum absolute atomic E-state index is 0.0654. The van der Waals surface area contributed by atoms with Gasteiger partial charge in [0, 0.05) is 13.1 Å². The van der Waals surface area contributed by atoms with Crippen LogP contribution in [0.15, 0.2) is 18.3 Å². The Bertz CT molecular complexity index is 669. The van der Waals surface area contributed by atoms with Gasteiger partial charge in [-0.1, -0.05) is 5.21 Å². The van der Waals surface area contributed by atoms with Gasteiger partial charge in [0.15, 0.2) is 11.5 Å². The third-order valence-corrected chi connectivity index (χ3v) is 2.96. The van der Waals surface area contributed by atoms with Gasteiger partial charge in [-0.25, -0.2) is 0 Å². The van der Waals surface area contributed by atoms with Crippen molar-refractivity contribution in [1.29, 1.82) is 0 Å². The first-order valence-corrected chi connectivity index (χ1v) is 5.80. The van der Waals surface area contributed by atoms with E-state index in [2.05, 4.69) is 15.6 Å². The van der Waals surface area contributed by atoms with Crippen molar-refractivity contribution < 1.29 is 14.4 Å². The van der Waals surface area contributed by atoms with Crippen molar-refractivity contribution in [1.82, 2.24) is 15.0 Å². The SMILES string of the molecule is Cn1nncc1CNc1cc2c(cc1[N+](=O)[O-])OCO2. The Hall–Kier alpha value is -2.84. The normalized spacial score (nSPS) is 12.4. The van der Waals surface area contributed by atoms with E-state index in [1.54, 1.807) is 24.0 Å². The zero-order chi connectivity index (χ0) is 14.1.